The summed E-state index contributed by atoms with van der Waals surface area (Å²) in [4.78, 5) is 0.256. The molecule has 0 atom stereocenters. The second kappa shape index (κ2) is 8.05. The van der Waals surface area contributed by atoms with Gasteiger partial charge >= 0.3 is 0 Å². The van der Waals surface area contributed by atoms with Gasteiger partial charge in [-0.1, -0.05) is 30.3 Å². The first-order chi connectivity index (χ1) is 10.5. The van der Waals surface area contributed by atoms with Gasteiger partial charge in [0.2, 0.25) is 10.0 Å². The van der Waals surface area contributed by atoms with Gasteiger partial charge in [0.25, 0.3) is 0 Å². The molecule has 6 heteroatoms. The standard InChI is InChI=1S/C16H18INO3S/c17-16-6-2-1-5-15(16)13-7-9-14(10-8-13)22(20,21)18-11-3-4-12-19/h1-2,5-10,18-19H,3-4,11-12H2. The molecule has 2 aromatic carbocycles. The van der Waals surface area contributed by atoms with E-state index in [-0.39, 0.29) is 11.5 Å². The van der Waals surface area contributed by atoms with Crippen molar-refractivity contribution in [2.75, 3.05) is 13.2 Å². The number of hydrogen-bond acceptors (Lipinski definition) is 3. The van der Waals surface area contributed by atoms with Crippen LogP contribution in [-0.4, -0.2) is 26.7 Å². The molecule has 0 fully saturated rings. The summed E-state index contributed by atoms with van der Waals surface area (Å²) in [7, 11) is -3.48. The maximum absolute atomic E-state index is 12.1. The fraction of sp³-hybridized carbons (Fsp3) is 0.250. The lowest BCUT2D eigenvalue weighted by atomic mass is 10.1. The number of aliphatic hydroxyl groups excluding tert-OH is 1. The lowest BCUT2D eigenvalue weighted by Gasteiger charge is -2.08. The molecule has 0 radical (unpaired) electrons. The maximum Gasteiger partial charge on any atom is 0.240 e. The molecule has 0 aliphatic heterocycles. The fourth-order valence-electron chi connectivity index (χ4n) is 2.04. The van der Waals surface area contributed by atoms with Crippen LogP contribution in [0, 0.1) is 3.57 Å². The first-order valence-electron chi connectivity index (χ1n) is 7.00. The van der Waals surface area contributed by atoms with Gasteiger partial charge in [0.15, 0.2) is 0 Å². The zero-order valence-corrected chi connectivity index (χ0v) is 15.0. The minimum Gasteiger partial charge on any atom is -0.396 e. The molecular weight excluding hydrogens is 413 g/mol. The predicted octanol–water partition coefficient (Wildman–Crippen LogP) is 3.01. The highest BCUT2D eigenvalue weighted by atomic mass is 127. The molecule has 0 spiro atoms. The van der Waals surface area contributed by atoms with Gasteiger partial charge in [-0.15, -0.1) is 0 Å². The van der Waals surface area contributed by atoms with E-state index in [1.54, 1.807) is 12.1 Å². The van der Waals surface area contributed by atoms with Crippen LogP contribution in [0.25, 0.3) is 11.1 Å². The van der Waals surface area contributed by atoms with Crippen molar-refractivity contribution in [2.24, 2.45) is 0 Å². The second-order valence-corrected chi connectivity index (χ2v) is 7.76. The van der Waals surface area contributed by atoms with Gasteiger partial charge < -0.3 is 5.11 Å². The molecule has 0 unspecified atom stereocenters. The number of halogens is 1. The van der Waals surface area contributed by atoms with Crippen molar-refractivity contribution in [1.29, 1.82) is 0 Å². The molecule has 0 aliphatic rings. The number of benzene rings is 2. The summed E-state index contributed by atoms with van der Waals surface area (Å²) in [5, 5.41) is 8.70. The first kappa shape index (κ1) is 17.4. The van der Waals surface area contributed by atoms with Crippen molar-refractivity contribution in [3.8, 4) is 11.1 Å². The molecule has 2 aromatic rings. The predicted molar refractivity (Wildman–Crippen MR) is 96.1 cm³/mol. The number of nitrogens with one attached hydrogen (secondary N) is 1. The van der Waals surface area contributed by atoms with Crippen LogP contribution >= 0.6 is 22.6 Å². The van der Waals surface area contributed by atoms with Crippen LogP contribution in [0.4, 0.5) is 0 Å². The van der Waals surface area contributed by atoms with Crippen LogP contribution in [0.5, 0.6) is 0 Å². The SMILES string of the molecule is O=S(=O)(NCCCCO)c1ccc(-c2ccccc2I)cc1. The Hall–Kier alpha value is -0.960. The summed E-state index contributed by atoms with van der Waals surface area (Å²) in [5.74, 6) is 0. The molecule has 0 amide bonds. The molecule has 4 nitrogen and oxygen atoms in total. The number of rotatable bonds is 7. The molecule has 2 rings (SSSR count). The summed E-state index contributed by atoms with van der Waals surface area (Å²) >= 11 is 2.26. The van der Waals surface area contributed by atoms with E-state index in [1.807, 2.05) is 36.4 Å². The highest BCUT2D eigenvalue weighted by Gasteiger charge is 2.13. The average Bonchev–Trinajstić information content (AvgIpc) is 2.52. The first-order valence-corrected chi connectivity index (χ1v) is 9.56. The Morgan fingerprint density at radius 3 is 2.32 bits per heavy atom. The van der Waals surface area contributed by atoms with Crippen molar-refractivity contribution >= 4 is 32.6 Å². The van der Waals surface area contributed by atoms with Gasteiger partial charge in [-0.05, 0) is 64.8 Å². The number of unbranched alkanes of at least 4 members (excludes halogenated alkanes) is 1. The lowest BCUT2D eigenvalue weighted by Crippen LogP contribution is -2.24. The topological polar surface area (TPSA) is 66.4 Å². The monoisotopic (exact) mass is 431 g/mol. The minimum atomic E-state index is -3.48. The van der Waals surface area contributed by atoms with E-state index in [1.165, 1.54) is 0 Å². The molecule has 118 valence electrons. The van der Waals surface area contributed by atoms with E-state index < -0.39 is 10.0 Å². The molecule has 2 N–H and O–H groups in total. The van der Waals surface area contributed by atoms with Crippen molar-refractivity contribution < 1.29 is 13.5 Å². The Bertz CT molecular complexity index is 714. The van der Waals surface area contributed by atoms with E-state index in [0.717, 1.165) is 14.7 Å². The van der Waals surface area contributed by atoms with Gasteiger partial charge in [0, 0.05) is 16.7 Å². The van der Waals surface area contributed by atoms with Gasteiger partial charge in [0.1, 0.15) is 0 Å². The van der Waals surface area contributed by atoms with Crippen LogP contribution < -0.4 is 4.72 Å². The highest BCUT2D eigenvalue weighted by molar-refractivity contribution is 14.1. The Morgan fingerprint density at radius 2 is 1.68 bits per heavy atom. The van der Waals surface area contributed by atoms with Gasteiger partial charge in [0.05, 0.1) is 4.90 Å². The van der Waals surface area contributed by atoms with E-state index in [0.29, 0.717) is 19.4 Å². The summed E-state index contributed by atoms with van der Waals surface area (Å²) in [6, 6.07) is 14.8. The summed E-state index contributed by atoms with van der Waals surface area (Å²) < 4.78 is 27.9. The van der Waals surface area contributed by atoms with Crippen LogP contribution in [0.15, 0.2) is 53.4 Å². The second-order valence-electron chi connectivity index (χ2n) is 4.83. The Kier molecular flexibility index (Phi) is 6.37. The molecule has 0 aliphatic carbocycles. The maximum atomic E-state index is 12.1. The number of hydrogen-bond donors (Lipinski definition) is 2. The van der Waals surface area contributed by atoms with Crippen molar-refractivity contribution in [3.63, 3.8) is 0 Å². The summed E-state index contributed by atoms with van der Waals surface area (Å²) in [5.41, 5.74) is 2.08. The lowest BCUT2D eigenvalue weighted by molar-refractivity contribution is 0.285. The van der Waals surface area contributed by atoms with Gasteiger partial charge in [-0.3, -0.25) is 0 Å². The van der Waals surface area contributed by atoms with Crippen molar-refractivity contribution in [1.82, 2.24) is 4.72 Å². The Balaban J connectivity index is 2.13. The van der Waals surface area contributed by atoms with E-state index in [2.05, 4.69) is 27.3 Å². The molecule has 0 bridgehead atoms. The van der Waals surface area contributed by atoms with Crippen molar-refractivity contribution in [3.05, 3.63) is 52.1 Å². The smallest absolute Gasteiger partial charge is 0.240 e. The molecule has 0 heterocycles. The fourth-order valence-corrected chi connectivity index (χ4v) is 3.81. The molecule has 0 saturated carbocycles. The quantitative estimate of drug-likeness (QED) is 0.524. The Morgan fingerprint density at radius 1 is 1.00 bits per heavy atom. The van der Waals surface area contributed by atoms with Crippen LogP contribution in [-0.2, 0) is 10.0 Å². The third-order valence-electron chi connectivity index (χ3n) is 3.23. The van der Waals surface area contributed by atoms with Crippen LogP contribution in [0.1, 0.15) is 12.8 Å². The molecule has 0 aromatic heterocycles. The molecular formula is C16H18INO3S. The largest absolute Gasteiger partial charge is 0.396 e. The minimum absolute atomic E-state index is 0.0755. The third kappa shape index (κ3) is 4.52. The normalized spacial score (nSPS) is 11.5. The Labute approximate surface area is 144 Å². The van der Waals surface area contributed by atoms with E-state index in [4.69, 9.17) is 5.11 Å². The molecule has 0 saturated heterocycles. The highest BCUT2D eigenvalue weighted by Crippen LogP contribution is 2.25. The number of sulfonamides is 1. The summed E-state index contributed by atoms with van der Waals surface area (Å²) in [6.45, 7) is 0.410. The van der Waals surface area contributed by atoms with Gasteiger partial charge in [-0.25, -0.2) is 13.1 Å². The average molecular weight is 431 g/mol. The van der Waals surface area contributed by atoms with Crippen LogP contribution in [0.2, 0.25) is 0 Å². The third-order valence-corrected chi connectivity index (χ3v) is 5.64. The van der Waals surface area contributed by atoms with E-state index >= 15 is 0 Å². The number of aliphatic hydroxyl groups is 1. The zero-order valence-electron chi connectivity index (χ0n) is 12.0. The van der Waals surface area contributed by atoms with Gasteiger partial charge in [-0.2, -0.15) is 0 Å². The molecule has 22 heavy (non-hydrogen) atoms. The zero-order chi connectivity index (χ0) is 16.0. The van der Waals surface area contributed by atoms with Crippen LogP contribution in [0.3, 0.4) is 0 Å². The van der Waals surface area contributed by atoms with Crippen molar-refractivity contribution in [2.45, 2.75) is 17.7 Å². The summed E-state index contributed by atoms with van der Waals surface area (Å²) in [6.07, 6.45) is 1.21. The van der Waals surface area contributed by atoms with E-state index in [9.17, 15) is 8.42 Å².